The number of rotatable bonds is 3. The van der Waals surface area contributed by atoms with Crippen molar-refractivity contribution in [3.05, 3.63) is 24.2 Å². The molecule has 0 amide bonds. The van der Waals surface area contributed by atoms with Gasteiger partial charge in [-0.2, -0.15) is 0 Å². The third-order valence-corrected chi connectivity index (χ3v) is 1.70. The monoisotopic (exact) mass is 189 g/mol. The fraction of sp³-hybridized carbons (Fsp3) is 0.556. The van der Waals surface area contributed by atoms with Crippen LogP contribution in [0.15, 0.2) is 23.0 Å². The Balaban J connectivity index is 0.00000121. The molecule has 0 spiro atoms. The minimum absolute atomic E-state index is 0. The van der Waals surface area contributed by atoms with Crippen LogP contribution in [-0.4, -0.2) is 0 Å². The fourth-order valence-corrected chi connectivity index (χ4v) is 1.13. The molecule has 0 saturated heterocycles. The molecule has 2 nitrogen and oxygen atoms in total. The van der Waals surface area contributed by atoms with Gasteiger partial charge in [0.25, 0.3) is 0 Å². The third kappa shape index (κ3) is 3.28. The van der Waals surface area contributed by atoms with Gasteiger partial charge in [-0.1, -0.05) is 13.8 Å². The van der Waals surface area contributed by atoms with E-state index in [-0.39, 0.29) is 18.4 Å². The average Bonchev–Trinajstić information content (AvgIpc) is 2.35. The van der Waals surface area contributed by atoms with Crippen LogP contribution in [-0.2, 0) is 0 Å². The highest BCUT2D eigenvalue weighted by molar-refractivity contribution is 5.85. The lowest BCUT2D eigenvalue weighted by molar-refractivity contribution is 0.500. The van der Waals surface area contributed by atoms with Gasteiger partial charge in [0.2, 0.25) is 0 Å². The molecule has 70 valence electrons. The van der Waals surface area contributed by atoms with E-state index in [1.807, 2.05) is 6.07 Å². The second kappa shape index (κ2) is 5.22. The minimum atomic E-state index is 0. The van der Waals surface area contributed by atoms with E-state index < -0.39 is 0 Å². The van der Waals surface area contributed by atoms with Crippen LogP contribution in [0, 0.1) is 5.92 Å². The van der Waals surface area contributed by atoms with Crippen molar-refractivity contribution < 1.29 is 4.42 Å². The SMILES string of the molecule is CC(C)C[C@H](N)c1ccoc1.Cl. The van der Waals surface area contributed by atoms with Crippen LogP contribution < -0.4 is 5.73 Å². The van der Waals surface area contributed by atoms with Crippen molar-refractivity contribution >= 4 is 12.4 Å². The Hall–Kier alpha value is -0.470. The topological polar surface area (TPSA) is 39.2 Å². The summed E-state index contributed by atoms with van der Waals surface area (Å²) in [6.45, 7) is 4.33. The van der Waals surface area contributed by atoms with E-state index in [4.69, 9.17) is 10.2 Å². The van der Waals surface area contributed by atoms with Gasteiger partial charge in [0.1, 0.15) is 0 Å². The van der Waals surface area contributed by atoms with E-state index in [1.165, 1.54) is 0 Å². The normalized spacial score (nSPS) is 12.7. The zero-order valence-electron chi connectivity index (χ0n) is 7.49. The van der Waals surface area contributed by atoms with Crippen molar-refractivity contribution in [3.8, 4) is 0 Å². The Kier molecular flexibility index (Phi) is 5.02. The lowest BCUT2D eigenvalue weighted by atomic mass is 10.0. The van der Waals surface area contributed by atoms with Crippen molar-refractivity contribution in [3.63, 3.8) is 0 Å². The first-order valence-electron chi connectivity index (χ1n) is 3.98. The molecule has 0 radical (unpaired) electrons. The van der Waals surface area contributed by atoms with Crippen LogP contribution in [0.3, 0.4) is 0 Å². The van der Waals surface area contributed by atoms with E-state index >= 15 is 0 Å². The summed E-state index contributed by atoms with van der Waals surface area (Å²) in [6, 6.07) is 2.06. The lowest BCUT2D eigenvalue weighted by Crippen LogP contribution is -2.11. The summed E-state index contributed by atoms with van der Waals surface area (Å²) in [5.74, 6) is 0.639. The third-order valence-electron chi connectivity index (χ3n) is 1.70. The van der Waals surface area contributed by atoms with Gasteiger partial charge in [0.05, 0.1) is 12.5 Å². The van der Waals surface area contributed by atoms with Crippen molar-refractivity contribution in [2.75, 3.05) is 0 Å². The van der Waals surface area contributed by atoms with Crippen LogP contribution in [0.4, 0.5) is 0 Å². The summed E-state index contributed by atoms with van der Waals surface area (Å²) in [4.78, 5) is 0. The molecular formula is C9H16ClNO. The molecule has 1 aromatic rings. The largest absolute Gasteiger partial charge is 0.472 e. The summed E-state index contributed by atoms with van der Waals surface area (Å²) >= 11 is 0. The van der Waals surface area contributed by atoms with Gasteiger partial charge in [-0.25, -0.2) is 0 Å². The summed E-state index contributed by atoms with van der Waals surface area (Å²) in [7, 11) is 0. The van der Waals surface area contributed by atoms with Gasteiger partial charge < -0.3 is 10.2 Å². The van der Waals surface area contributed by atoms with Crippen molar-refractivity contribution in [1.82, 2.24) is 0 Å². The van der Waals surface area contributed by atoms with Crippen LogP contribution >= 0.6 is 12.4 Å². The fourth-order valence-electron chi connectivity index (χ4n) is 1.13. The van der Waals surface area contributed by atoms with Crippen molar-refractivity contribution in [2.45, 2.75) is 26.3 Å². The first kappa shape index (κ1) is 11.5. The maximum atomic E-state index is 5.88. The molecule has 1 atom stereocenters. The average molecular weight is 190 g/mol. The number of hydrogen-bond donors (Lipinski definition) is 1. The molecule has 0 aliphatic carbocycles. The molecule has 0 aliphatic rings. The smallest absolute Gasteiger partial charge is 0.0950 e. The van der Waals surface area contributed by atoms with Crippen LogP contribution in [0.25, 0.3) is 0 Å². The number of furan rings is 1. The molecule has 12 heavy (non-hydrogen) atoms. The zero-order chi connectivity index (χ0) is 8.27. The Morgan fingerprint density at radius 1 is 1.50 bits per heavy atom. The van der Waals surface area contributed by atoms with Gasteiger partial charge in [-0.05, 0) is 18.4 Å². The Bertz CT molecular complexity index is 196. The summed E-state index contributed by atoms with van der Waals surface area (Å²) in [5, 5.41) is 0. The Morgan fingerprint density at radius 2 is 2.17 bits per heavy atom. The summed E-state index contributed by atoms with van der Waals surface area (Å²) < 4.78 is 4.94. The molecule has 0 unspecified atom stereocenters. The van der Waals surface area contributed by atoms with Gasteiger partial charge in [0.15, 0.2) is 0 Å². The molecule has 0 aromatic carbocycles. The second-order valence-electron chi connectivity index (χ2n) is 3.29. The lowest BCUT2D eigenvalue weighted by Gasteiger charge is -2.11. The molecular weight excluding hydrogens is 174 g/mol. The molecule has 1 heterocycles. The van der Waals surface area contributed by atoms with Gasteiger partial charge in [-0.3, -0.25) is 0 Å². The Labute approximate surface area is 79.5 Å². The molecule has 0 aliphatic heterocycles. The minimum Gasteiger partial charge on any atom is -0.472 e. The van der Waals surface area contributed by atoms with Crippen molar-refractivity contribution in [1.29, 1.82) is 0 Å². The van der Waals surface area contributed by atoms with Crippen LogP contribution in [0.5, 0.6) is 0 Å². The van der Waals surface area contributed by atoms with E-state index in [0.29, 0.717) is 5.92 Å². The molecule has 0 bridgehead atoms. The van der Waals surface area contributed by atoms with Gasteiger partial charge in [0, 0.05) is 11.6 Å². The highest BCUT2D eigenvalue weighted by Gasteiger charge is 2.08. The quantitative estimate of drug-likeness (QED) is 0.794. The van der Waals surface area contributed by atoms with E-state index in [1.54, 1.807) is 12.5 Å². The van der Waals surface area contributed by atoms with Crippen LogP contribution in [0.1, 0.15) is 31.9 Å². The van der Waals surface area contributed by atoms with Gasteiger partial charge in [-0.15, -0.1) is 12.4 Å². The molecule has 1 rings (SSSR count). The van der Waals surface area contributed by atoms with Crippen molar-refractivity contribution in [2.24, 2.45) is 11.7 Å². The van der Waals surface area contributed by atoms with E-state index in [0.717, 1.165) is 12.0 Å². The Morgan fingerprint density at radius 3 is 2.58 bits per heavy atom. The number of nitrogens with two attached hydrogens (primary N) is 1. The van der Waals surface area contributed by atoms with Crippen LogP contribution in [0.2, 0.25) is 0 Å². The first-order chi connectivity index (χ1) is 5.20. The standard InChI is InChI=1S/C9H15NO.ClH/c1-7(2)5-9(10)8-3-4-11-6-8;/h3-4,6-7,9H,5,10H2,1-2H3;1H/t9-;/m0./s1. The highest BCUT2D eigenvalue weighted by atomic mass is 35.5. The predicted molar refractivity (Wildman–Crippen MR) is 52.3 cm³/mol. The highest BCUT2D eigenvalue weighted by Crippen LogP contribution is 2.18. The molecule has 0 saturated carbocycles. The summed E-state index contributed by atoms with van der Waals surface area (Å²) in [5.41, 5.74) is 6.98. The van der Waals surface area contributed by atoms with E-state index in [2.05, 4.69) is 13.8 Å². The maximum Gasteiger partial charge on any atom is 0.0950 e. The first-order valence-corrected chi connectivity index (χ1v) is 3.98. The van der Waals surface area contributed by atoms with E-state index in [9.17, 15) is 0 Å². The summed E-state index contributed by atoms with van der Waals surface area (Å²) in [6.07, 6.45) is 4.39. The second-order valence-corrected chi connectivity index (χ2v) is 3.29. The molecule has 2 N–H and O–H groups in total. The molecule has 3 heteroatoms. The van der Waals surface area contributed by atoms with Gasteiger partial charge >= 0.3 is 0 Å². The number of halogens is 1. The molecule has 0 fully saturated rings. The number of hydrogen-bond acceptors (Lipinski definition) is 2. The molecule has 1 aromatic heterocycles. The maximum absolute atomic E-state index is 5.88. The predicted octanol–water partition coefficient (Wildman–Crippen LogP) is 2.75. The zero-order valence-corrected chi connectivity index (χ0v) is 8.30.